The summed E-state index contributed by atoms with van der Waals surface area (Å²) in [4.78, 5) is 41.8. The summed E-state index contributed by atoms with van der Waals surface area (Å²) in [6, 6.07) is 12.7. The molecule has 0 saturated heterocycles. The summed E-state index contributed by atoms with van der Waals surface area (Å²) in [6.45, 7) is 1.69. The summed E-state index contributed by atoms with van der Waals surface area (Å²) in [7, 11) is 2.95. The SMILES string of the molecule is CC(C(=O)Nc1cccc2ccccc12)n1cnc2c1c(=O)n(C)c(=O)n2C. The van der Waals surface area contributed by atoms with Crippen LogP contribution in [0.4, 0.5) is 5.69 Å². The van der Waals surface area contributed by atoms with Crippen molar-refractivity contribution in [1.29, 1.82) is 0 Å². The zero-order valence-corrected chi connectivity index (χ0v) is 15.7. The van der Waals surface area contributed by atoms with E-state index in [9.17, 15) is 14.4 Å². The van der Waals surface area contributed by atoms with Crippen LogP contribution in [0.15, 0.2) is 58.4 Å². The predicted octanol–water partition coefficient (Wildman–Crippen LogP) is 1.79. The molecule has 1 atom stereocenters. The smallest absolute Gasteiger partial charge is 0.324 e. The molecule has 0 bridgehead atoms. The fraction of sp³-hybridized carbons (Fsp3) is 0.200. The fourth-order valence-corrected chi connectivity index (χ4v) is 3.36. The number of amides is 1. The molecule has 0 saturated carbocycles. The van der Waals surface area contributed by atoms with Crippen LogP contribution in [-0.2, 0) is 18.9 Å². The van der Waals surface area contributed by atoms with E-state index in [0.29, 0.717) is 5.69 Å². The number of nitrogens with one attached hydrogen (secondary N) is 1. The number of benzene rings is 2. The number of carbonyl (C=O) groups excluding carboxylic acids is 1. The lowest BCUT2D eigenvalue weighted by Crippen LogP contribution is -2.38. The van der Waals surface area contributed by atoms with Crippen LogP contribution in [0.5, 0.6) is 0 Å². The van der Waals surface area contributed by atoms with Crippen molar-refractivity contribution in [2.75, 3.05) is 5.32 Å². The normalized spacial score (nSPS) is 12.4. The van der Waals surface area contributed by atoms with E-state index < -0.39 is 17.3 Å². The van der Waals surface area contributed by atoms with E-state index in [-0.39, 0.29) is 17.1 Å². The van der Waals surface area contributed by atoms with Crippen molar-refractivity contribution < 1.29 is 4.79 Å². The van der Waals surface area contributed by atoms with Gasteiger partial charge in [0.15, 0.2) is 11.2 Å². The summed E-state index contributed by atoms with van der Waals surface area (Å²) in [5.74, 6) is -0.286. The molecule has 142 valence electrons. The molecule has 2 aromatic heterocycles. The number of aryl methyl sites for hydroxylation is 1. The van der Waals surface area contributed by atoms with Crippen LogP contribution in [0.1, 0.15) is 13.0 Å². The van der Waals surface area contributed by atoms with E-state index in [1.807, 2.05) is 42.5 Å². The van der Waals surface area contributed by atoms with Gasteiger partial charge in [-0.1, -0.05) is 36.4 Å². The van der Waals surface area contributed by atoms with Gasteiger partial charge >= 0.3 is 5.69 Å². The third kappa shape index (κ3) is 2.61. The van der Waals surface area contributed by atoms with Crippen molar-refractivity contribution in [1.82, 2.24) is 18.7 Å². The molecule has 28 heavy (non-hydrogen) atoms. The Labute approximate surface area is 159 Å². The lowest BCUT2D eigenvalue weighted by Gasteiger charge is -2.16. The molecule has 0 spiro atoms. The first kappa shape index (κ1) is 17.7. The summed E-state index contributed by atoms with van der Waals surface area (Å²) in [5.41, 5.74) is 0.207. The monoisotopic (exact) mass is 377 g/mol. The number of fused-ring (bicyclic) bond motifs is 2. The van der Waals surface area contributed by atoms with Gasteiger partial charge in [0.05, 0.1) is 6.33 Å². The maximum absolute atomic E-state index is 12.9. The zero-order chi connectivity index (χ0) is 20.0. The highest BCUT2D eigenvalue weighted by Gasteiger charge is 2.22. The second-order valence-corrected chi connectivity index (χ2v) is 6.72. The van der Waals surface area contributed by atoms with Crippen LogP contribution in [0.3, 0.4) is 0 Å². The van der Waals surface area contributed by atoms with Gasteiger partial charge in [0.2, 0.25) is 5.91 Å². The Hall–Kier alpha value is -3.68. The fourth-order valence-electron chi connectivity index (χ4n) is 3.36. The second kappa shape index (κ2) is 6.49. The van der Waals surface area contributed by atoms with Crippen LogP contribution >= 0.6 is 0 Å². The first-order valence-corrected chi connectivity index (χ1v) is 8.81. The Morgan fingerprint density at radius 1 is 1.04 bits per heavy atom. The lowest BCUT2D eigenvalue weighted by atomic mass is 10.1. The molecule has 1 unspecified atom stereocenters. The average molecular weight is 377 g/mol. The summed E-state index contributed by atoms with van der Waals surface area (Å²) < 4.78 is 3.80. The number of aromatic nitrogens is 4. The van der Waals surface area contributed by atoms with Gasteiger partial charge in [-0.25, -0.2) is 9.78 Å². The standard InChI is InChI=1S/C20H19N5O3/c1-12(18(26)22-15-10-6-8-13-7-4-5-9-14(13)15)25-11-21-17-16(25)19(27)24(3)20(28)23(17)2/h4-12H,1-3H3,(H,22,26). The van der Waals surface area contributed by atoms with Crippen LogP contribution in [0.2, 0.25) is 0 Å². The molecule has 0 aliphatic heterocycles. The van der Waals surface area contributed by atoms with E-state index in [2.05, 4.69) is 10.3 Å². The zero-order valence-electron chi connectivity index (χ0n) is 15.7. The Balaban J connectivity index is 1.76. The third-order valence-electron chi connectivity index (χ3n) is 5.02. The number of imidazole rings is 1. The van der Waals surface area contributed by atoms with Gasteiger partial charge in [0.25, 0.3) is 5.56 Å². The Bertz CT molecular complexity index is 1340. The van der Waals surface area contributed by atoms with Crippen molar-refractivity contribution >= 4 is 33.5 Å². The molecule has 8 nitrogen and oxygen atoms in total. The molecule has 1 amide bonds. The molecule has 4 aromatic rings. The molecule has 0 radical (unpaired) electrons. The molecule has 1 N–H and O–H groups in total. The molecule has 0 aliphatic carbocycles. The number of hydrogen-bond acceptors (Lipinski definition) is 4. The highest BCUT2D eigenvalue weighted by atomic mass is 16.2. The molecule has 4 rings (SSSR count). The summed E-state index contributed by atoms with van der Waals surface area (Å²) in [5, 5.41) is 4.88. The van der Waals surface area contributed by atoms with Gasteiger partial charge in [0.1, 0.15) is 6.04 Å². The van der Waals surface area contributed by atoms with Crippen LogP contribution in [0.25, 0.3) is 21.9 Å². The average Bonchev–Trinajstić information content (AvgIpc) is 3.15. The summed E-state index contributed by atoms with van der Waals surface area (Å²) in [6.07, 6.45) is 1.42. The van der Waals surface area contributed by atoms with E-state index >= 15 is 0 Å². The number of rotatable bonds is 3. The third-order valence-corrected chi connectivity index (χ3v) is 5.02. The van der Waals surface area contributed by atoms with Gasteiger partial charge in [0, 0.05) is 25.2 Å². The first-order valence-electron chi connectivity index (χ1n) is 8.81. The van der Waals surface area contributed by atoms with Gasteiger partial charge in [-0.3, -0.25) is 18.7 Å². The van der Waals surface area contributed by atoms with E-state index in [1.54, 1.807) is 14.0 Å². The van der Waals surface area contributed by atoms with E-state index in [4.69, 9.17) is 0 Å². The molecule has 8 heteroatoms. The minimum atomic E-state index is -0.700. The maximum Gasteiger partial charge on any atom is 0.332 e. The van der Waals surface area contributed by atoms with Crippen LogP contribution in [0, 0.1) is 0 Å². The van der Waals surface area contributed by atoms with E-state index in [0.717, 1.165) is 15.3 Å². The maximum atomic E-state index is 12.9. The molecular weight excluding hydrogens is 358 g/mol. The quantitative estimate of drug-likeness (QED) is 0.589. The van der Waals surface area contributed by atoms with Crippen molar-refractivity contribution in [2.24, 2.45) is 14.1 Å². The van der Waals surface area contributed by atoms with Gasteiger partial charge < -0.3 is 9.88 Å². The Morgan fingerprint density at radius 2 is 1.75 bits per heavy atom. The van der Waals surface area contributed by atoms with E-state index in [1.165, 1.54) is 22.5 Å². The lowest BCUT2D eigenvalue weighted by molar-refractivity contribution is -0.118. The number of hydrogen-bond donors (Lipinski definition) is 1. The highest BCUT2D eigenvalue weighted by Crippen LogP contribution is 2.24. The van der Waals surface area contributed by atoms with Crippen molar-refractivity contribution in [3.05, 3.63) is 69.6 Å². The molecular formula is C20H19N5O3. The van der Waals surface area contributed by atoms with Crippen molar-refractivity contribution in [3.8, 4) is 0 Å². The van der Waals surface area contributed by atoms with Gasteiger partial charge in [-0.15, -0.1) is 0 Å². The largest absolute Gasteiger partial charge is 0.332 e. The topological polar surface area (TPSA) is 90.9 Å². The highest BCUT2D eigenvalue weighted by molar-refractivity contribution is 6.03. The van der Waals surface area contributed by atoms with Crippen LogP contribution in [-0.4, -0.2) is 24.6 Å². The molecule has 2 aromatic carbocycles. The molecule has 0 aliphatic rings. The second-order valence-electron chi connectivity index (χ2n) is 6.72. The van der Waals surface area contributed by atoms with Gasteiger partial charge in [-0.2, -0.15) is 0 Å². The summed E-state index contributed by atoms with van der Waals surface area (Å²) >= 11 is 0. The van der Waals surface area contributed by atoms with Crippen molar-refractivity contribution in [2.45, 2.75) is 13.0 Å². The number of nitrogens with zero attached hydrogens (tertiary/aromatic N) is 4. The predicted molar refractivity (Wildman–Crippen MR) is 108 cm³/mol. The molecule has 2 heterocycles. The molecule has 0 fully saturated rings. The number of carbonyl (C=O) groups is 1. The van der Waals surface area contributed by atoms with Crippen molar-refractivity contribution in [3.63, 3.8) is 0 Å². The Kier molecular flexibility index (Phi) is 4.11. The minimum Gasteiger partial charge on any atom is -0.324 e. The van der Waals surface area contributed by atoms with Crippen LogP contribution < -0.4 is 16.6 Å². The van der Waals surface area contributed by atoms with Gasteiger partial charge in [-0.05, 0) is 18.4 Å². The minimum absolute atomic E-state index is 0.213. The first-order chi connectivity index (χ1) is 13.4. The Morgan fingerprint density at radius 3 is 2.54 bits per heavy atom. The number of anilines is 1.